The molecular weight excluding hydrogens is 298 g/mol. The molecule has 2 rings (SSSR count). The molecule has 4 heteroatoms. The van der Waals surface area contributed by atoms with E-state index in [4.69, 9.17) is 11.6 Å². The van der Waals surface area contributed by atoms with E-state index in [0.29, 0.717) is 11.6 Å². The van der Waals surface area contributed by atoms with Gasteiger partial charge >= 0.3 is 0 Å². The zero-order valence-electron chi connectivity index (χ0n) is 11.9. The van der Waals surface area contributed by atoms with Crippen LogP contribution in [0.3, 0.4) is 0 Å². The predicted molar refractivity (Wildman–Crippen MR) is 89.6 cm³/mol. The third-order valence-electron chi connectivity index (χ3n) is 2.93. The molecule has 1 amide bonds. The molecule has 0 atom stereocenters. The lowest BCUT2D eigenvalue weighted by atomic mass is 10.2. The number of aromatic hydroxyl groups is 1. The molecule has 0 aromatic heterocycles. The second-order valence-corrected chi connectivity index (χ2v) is 5.04. The van der Waals surface area contributed by atoms with E-state index in [1.807, 2.05) is 30.3 Å². The molecule has 3 nitrogen and oxygen atoms in total. The molecule has 22 heavy (non-hydrogen) atoms. The van der Waals surface area contributed by atoms with E-state index in [2.05, 4.69) is 5.32 Å². The summed E-state index contributed by atoms with van der Waals surface area (Å²) in [5, 5.41) is 12.4. The first-order valence-corrected chi connectivity index (χ1v) is 7.18. The Kier molecular flexibility index (Phi) is 5.81. The van der Waals surface area contributed by atoms with Gasteiger partial charge in [0.1, 0.15) is 5.75 Å². The maximum atomic E-state index is 11.6. The van der Waals surface area contributed by atoms with Gasteiger partial charge in [-0.15, -0.1) is 0 Å². The van der Waals surface area contributed by atoms with E-state index in [-0.39, 0.29) is 11.7 Å². The smallest absolute Gasteiger partial charge is 0.244 e. The number of hydrogen-bond donors (Lipinski definition) is 2. The third-order valence-corrected chi connectivity index (χ3v) is 3.23. The minimum atomic E-state index is -0.155. The normalized spacial score (nSPS) is 11.1. The van der Waals surface area contributed by atoms with Crippen LogP contribution < -0.4 is 5.32 Å². The molecule has 0 saturated carbocycles. The van der Waals surface area contributed by atoms with Gasteiger partial charge < -0.3 is 10.4 Å². The van der Waals surface area contributed by atoms with Crippen LogP contribution in [-0.2, 0) is 11.3 Å². The highest BCUT2D eigenvalue weighted by Crippen LogP contribution is 2.24. The van der Waals surface area contributed by atoms with Crippen LogP contribution in [-0.4, -0.2) is 11.0 Å². The molecule has 0 saturated heterocycles. The van der Waals surface area contributed by atoms with Crippen molar-refractivity contribution in [1.82, 2.24) is 5.32 Å². The molecule has 0 heterocycles. The highest BCUT2D eigenvalue weighted by atomic mass is 35.5. The topological polar surface area (TPSA) is 49.3 Å². The van der Waals surface area contributed by atoms with Crippen LogP contribution in [0.5, 0.6) is 5.75 Å². The Balaban J connectivity index is 1.82. The number of nitrogens with one attached hydrogen (secondary N) is 1. The van der Waals surface area contributed by atoms with Gasteiger partial charge in [0.25, 0.3) is 0 Å². The van der Waals surface area contributed by atoms with Crippen LogP contribution >= 0.6 is 11.6 Å². The summed E-state index contributed by atoms with van der Waals surface area (Å²) in [5.41, 5.74) is 1.90. The van der Waals surface area contributed by atoms with Gasteiger partial charge in [0.15, 0.2) is 0 Å². The lowest BCUT2D eigenvalue weighted by molar-refractivity contribution is -0.116. The number of allylic oxidation sites excluding steroid dienone is 2. The number of amides is 1. The Hall–Kier alpha value is -2.52. The first-order chi connectivity index (χ1) is 10.6. The predicted octanol–water partition coefficient (Wildman–Crippen LogP) is 3.93. The Morgan fingerprint density at radius 1 is 1.14 bits per heavy atom. The van der Waals surface area contributed by atoms with Gasteiger partial charge in [-0.25, -0.2) is 0 Å². The van der Waals surface area contributed by atoms with Gasteiger partial charge in [-0.3, -0.25) is 4.79 Å². The molecule has 0 spiro atoms. The maximum Gasteiger partial charge on any atom is 0.244 e. The van der Waals surface area contributed by atoms with Gasteiger partial charge in [0.05, 0.1) is 5.02 Å². The van der Waals surface area contributed by atoms with Crippen LogP contribution in [0.15, 0.2) is 66.8 Å². The second-order valence-electron chi connectivity index (χ2n) is 4.63. The molecule has 0 aliphatic heterocycles. The van der Waals surface area contributed by atoms with Gasteiger partial charge in [-0.05, 0) is 23.3 Å². The second kappa shape index (κ2) is 8.05. The molecule has 0 bridgehead atoms. The zero-order chi connectivity index (χ0) is 15.8. The van der Waals surface area contributed by atoms with Crippen LogP contribution in [0.4, 0.5) is 0 Å². The average molecular weight is 314 g/mol. The summed E-state index contributed by atoms with van der Waals surface area (Å²) in [7, 11) is 0. The van der Waals surface area contributed by atoms with Gasteiger partial charge in [0, 0.05) is 12.6 Å². The monoisotopic (exact) mass is 313 g/mol. The number of phenolic OH excluding ortho intramolecular Hbond substituents is 1. The van der Waals surface area contributed by atoms with Crippen molar-refractivity contribution in [3.8, 4) is 5.75 Å². The molecule has 0 aliphatic rings. The summed E-state index contributed by atoms with van der Waals surface area (Å²) in [6.07, 6.45) is 6.65. The zero-order valence-corrected chi connectivity index (χ0v) is 12.6. The van der Waals surface area contributed by atoms with E-state index >= 15 is 0 Å². The summed E-state index contributed by atoms with van der Waals surface area (Å²) in [4.78, 5) is 11.6. The minimum Gasteiger partial charge on any atom is -0.506 e. The Morgan fingerprint density at radius 2 is 1.91 bits per heavy atom. The molecule has 0 fully saturated rings. The molecule has 112 valence electrons. The van der Waals surface area contributed by atoms with Crippen LogP contribution in [0.2, 0.25) is 5.02 Å². The Bertz CT molecular complexity index is 693. The van der Waals surface area contributed by atoms with Crippen molar-refractivity contribution in [3.63, 3.8) is 0 Å². The first kappa shape index (κ1) is 15.9. The SMILES string of the molecule is O=C(/C=C/C=C/c1ccc(O)c(Cl)c1)NCc1ccccc1. The molecule has 0 aliphatic carbocycles. The van der Waals surface area contributed by atoms with Crippen LogP contribution in [0, 0.1) is 0 Å². The van der Waals surface area contributed by atoms with Gasteiger partial charge in [-0.2, -0.15) is 0 Å². The van der Waals surface area contributed by atoms with Crippen molar-refractivity contribution in [2.75, 3.05) is 0 Å². The highest BCUT2D eigenvalue weighted by Gasteiger charge is 1.97. The number of phenols is 1. The van der Waals surface area contributed by atoms with Crippen molar-refractivity contribution in [3.05, 3.63) is 82.9 Å². The summed E-state index contributed by atoms with van der Waals surface area (Å²) in [6, 6.07) is 14.6. The molecule has 2 N–H and O–H groups in total. The number of halogens is 1. The number of carbonyl (C=O) groups excluding carboxylic acids is 1. The fraction of sp³-hybridized carbons (Fsp3) is 0.0556. The number of hydrogen-bond acceptors (Lipinski definition) is 2. The van der Waals surface area contributed by atoms with E-state index < -0.39 is 0 Å². The van der Waals surface area contributed by atoms with Gasteiger partial charge in [-0.1, -0.05) is 66.2 Å². The van der Waals surface area contributed by atoms with Crippen molar-refractivity contribution in [2.24, 2.45) is 0 Å². The Morgan fingerprint density at radius 3 is 2.64 bits per heavy atom. The van der Waals surface area contributed by atoms with E-state index in [1.54, 1.807) is 30.4 Å². The molecule has 2 aromatic rings. The maximum absolute atomic E-state index is 11.6. The molecular formula is C18H16ClNO2. The highest BCUT2D eigenvalue weighted by molar-refractivity contribution is 6.32. The number of carbonyl (C=O) groups is 1. The molecule has 0 radical (unpaired) electrons. The van der Waals surface area contributed by atoms with Crippen molar-refractivity contribution in [1.29, 1.82) is 0 Å². The summed E-state index contributed by atoms with van der Waals surface area (Å²) in [5.74, 6) is -0.105. The third kappa shape index (κ3) is 5.11. The largest absolute Gasteiger partial charge is 0.506 e. The quantitative estimate of drug-likeness (QED) is 0.649. The fourth-order valence-electron chi connectivity index (χ4n) is 1.78. The van der Waals surface area contributed by atoms with Crippen molar-refractivity contribution < 1.29 is 9.90 Å². The van der Waals surface area contributed by atoms with Crippen molar-refractivity contribution in [2.45, 2.75) is 6.54 Å². The molecule has 0 unspecified atom stereocenters. The lowest BCUT2D eigenvalue weighted by Crippen LogP contribution is -2.20. The first-order valence-electron chi connectivity index (χ1n) is 6.80. The average Bonchev–Trinajstić information content (AvgIpc) is 2.54. The Labute approximate surface area is 134 Å². The number of rotatable bonds is 5. The number of benzene rings is 2. The van der Waals surface area contributed by atoms with E-state index in [1.165, 1.54) is 12.1 Å². The van der Waals surface area contributed by atoms with E-state index in [9.17, 15) is 9.90 Å². The minimum absolute atomic E-state index is 0.0506. The summed E-state index contributed by atoms with van der Waals surface area (Å²) < 4.78 is 0. The summed E-state index contributed by atoms with van der Waals surface area (Å²) >= 11 is 5.81. The standard InChI is InChI=1S/C18H16ClNO2/c19-16-12-14(10-11-17(16)21)6-4-5-9-18(22)20-13-15-7-2-1-3-8-15/h1-12,21H,13H2,(H,20,22)/b6-4+,9-5+. The summed E-state index contributed by atoms with van der Waals surface area (Å²) in [6.45, 7) is 0.501. The van der Waals surface area contributed by atoms with Crippen LogP contribution in [0.1, 0.15) is 11.1 Å². The van der Waals surface area contributed by atoms with E-state index in [0.717, 1.165) is 11.1 Å². The fourth-order valence-corrected chi connectivity index (χ4v) is 1.97. The molecule has 2 aromatic carbocycles. The van der Waals surface area contributed by atoms with Crippen molar-refractivity contribution >= 4 is 23.6 Å². The van der Waals surface area contributed by atoms with Gasteiger partial charge in [0.2, 0.25) is 5.91 Å². The van der Waals surface area contributed by atoms with Crippen LogP contribution in [0.25, 0.3) is 6.08 Å². The lowest BCUT2D eigenvalue weighted by Gasteiger charge is -2.01.